The molecule has 0 amide bonds. The summed E-state index contributed by atoms with van der Waals surface area (Å²) in [6, 6.07) is 7.13. The van der Waals surface area contributed by atoms with Crippen LogP contribution < -0.4 is 0 Å². The van der Waals surface area contributed by atoms with Gasteiger partial charge in [-0.2, -0.15) is 5.10 Å². The van der Waals surface area contributed by atoms with Crippen LogP contribution in [0.5, 0.6) is 0 Å². The van der Waals surface area contributed by atoms with Crippen molar-refractivity contribution in [3.8, 4) is 0 Å². The number of halogens is 1. The van der Waals surface area contributed by atoms with Crippen LogP contribution in [0.3, 0.4) is 0 Å². The van der Waals surface area contributed by atoms with E-state index in [0.717, 1.165) is 33.7 Å². The minimum atomic E-state index is -1.09. The van der Waals surface area contributed by atoms with Crippen molar-refractivity contribution in [3.63, 3.8) is 0 Å². The molecule has 5 nitrogen and oxygen atoms in total. The van der Waals surface area contributed by atoms with Gasteiger partial charge in [0.15, 0.2) is 0 Å². The summed E-state index contributed by atoms with van der Waals surface area (Å²) >= 11 is 3.52. The molecular formula is C16H21BrN2O3Si. The molecule has 0 N–H and O–H groups in total. The maximum atomic E-state index is 5.85. The van der Waals surface area contributed by atoms with E-state index in [1.165, 1.54) is 0 Å². The molecule has 23 heavy (non-hydrogen) atoms. The van der Waals surface area contributed by atoms with E-state index < -0.39 is 14.4 Å². The highest BCUT2D eigenvalue weighted by Gasteiger charge is 2.22. The Morgan fingerprint density at radius 2 is 2.00 bits per heavy atom. The summed E-state index contributed by atoms with van der Waals surface area (Å²) in [4.78, 5) is 0. The van der Waals surface area contributed by atoms with E-state index in [0.29, 0.717) is 6.73 Å². The van der Waals surface area contributed by atoms with Crippen LogP contribution in [0.1, 0.15) is 11.9 Å². The molecule has 1 aromatic heterocycles. The van der Waals surface area contributed by atoms with E-state index in [4.69, 9.17) is 14.2 Å². The van der Waals surface area contributed by atoms with Crippen molar-refractivity contribution < 1.29 is 14.2 Å². The molecule has 2 aromatic rings. The molecule has 7 heteroatoms. The molecule has 1 aliphatic heterocycles. The number of ether oxygens (including phenoxy) is 3. The lowest BCUT2D eigenvalue weighted by Gasteiger charge is -2.16. The molecule has 0 atom stereocenters. The Morgan fingerprint density at radius 3 is 2.70 bits per heavy atom. The van der Waals surface area contributed by atoms with Crippen molar-refractivity contribution in [1.29, 1.82) is 0 Å². The van der Waals surface area contributed by atoms with Gasteiger partial charge in [0.2, 0.25) is 0 Å². The zero-order valence-electron chi connectivity index (χ0n) is 13.6. The van der Waals surface area contributed by atoms with Crippen molar-refractivity contribution >= 4 is 34.9 Å². The first-order valence-corrected chi connectivity index (χ1v) is 12.1. The second-order valence-electron chi connectivity index (χ2n) is 6.76. The van der Waals surface area contributed by atoms with Crippen molar-refractivity contribution in [1.82, 2.24) is 9.78 Å². The Hall–Kier alpha value is -1.31. The number of benzene rings is 1. The van der Waals surface area contributed by atoms with Gasteiger partial charge in [0.25, 0.3) is 6.29 Å². The molecule has 1 aliphatic rings. The van der Waals surface area contributed by atoms with Gasteiger partial charge in [-0.15, -0.1) is 0 Å². The lowest BCUT2D eigenvalue weighted by atomic mass is 10.1. The van der Waals surface area contributed by atoms with Crippen molar-refractivity contribution in [2.75, 3.05) is 6.61 Å². The summed E-state index contributed by atoms with van der Waals surface area (Å²) in [6.07, 6.45) is 2.69. The van der Waals surface area contributed by atoms with E-state index in [-0.39, 0.29) is 0 Å². The van der Waals surface area contributed by atoms with Crippen molar-refractivity contribution in [3.05, 3.63) is 40.9 Å². The highest BCUT2D eigenvalue weighted by molar-refractivity contribution is 9.10. The third-order valence-corrected chi connectivity index (χ3v) is 5.97. The molecular weight excluding hydrogens is 376 g/mol. The van der Waals surface area contributed by atoms with Crippen LogP contribution in [0.15, 0.2) is 35.3 Å². The van der Waals surface area contributed by atoms with E-state index >= 15 is 0 Å². The first-order valence-electron chi connectivity index (χ1n) is 7.64. The third-order valence-electron chi connectivity index (χ3n) is 3.68. The molecule has 0 aliphatic carbocycles. The van der Waals surface area contributed by atoms with Crippen LogP contribution in [0, 0.1) is 0 Å². The van der Waals surface area contributed by atoms with Crippen LogP contribution in [0.4, 0.5) is 0 Å². The number of hydrogen-bond acceptors (Lipinski definition) is 4. The van der Waals surface area contributed by atoms with Crippen LogP contribution in [0.25, 0.3) is 10.9 Å². The van der Waals surface area contributed by atoms with E-state index in [2.05, 4.69) is 40.7 Å². The van der Waals surface area contributed by atoms with E-state index in [1.54, 1.807) is 12.5 Å². The molecule has 0 unspecified atom stereocenters. The zero-order chi connectivity index (χ0) is 16.4. The Labute approximate surface area is 145 Å². The molecule has 0 fully saturated rings. The number of fused-ring (bicyclic) bond motifs is 1. The summed E-state index contributed by atoms with van der Waals surface area (Å²) in [7, 11) is -1.09. The van der Waals surface area contributed by atoms with Crippen LogP contribution in [-0.4, -0.2) is 24.5 Å². The maximum absolute atomic E-state index is 5.85. The average Bonchev–Trinajstić information content (AvgIpc) is 3.12. The Bertz CT molecular complexity index is 716. The number of aromatic nitrogens is 2. The number of rotatable bonds is 6. The second kappa shape index (κ2) is 6.66. The molecule has 0 saturated heterocycles. The van der Waals surface area contributed by atoms with Gasteiger partial charge in [0.1, 0.15) is 23.9 Å². The lowest BCUT2D eigenvalue weighted by molar-refractivity contribution is -0.0239. The van der Waals surface area contributed by atoms with Gasteiger partial charge in [-0.1, -0.05) is 25.7 Å². The van der Waals surface area contributed by atoms with Crippen LogP contribution in [-0.2, 0) is 20.9 Å². The minimum absolute atomic E-state index is 0.420. The smallest absolute Gasteiger partial charge is 0.268 e. The monoisotopic (exact) mass is 396 g/mol. The van der Waals surface area contributed by atoms with Crippen molar-refractivity contribution in [2.24, 2.45) is 0 Å². The largest absolute Gasteiger partial charge is 0.455 e. The van der Waals surface area contributed by atoms with E-state index in [1.807, 2.05) is 22.9 Å². The van der Waals surface area contributed by atoms with Gasteiger partial charge in [0, 0.05) is 20.1 Å². The van der Waals surface area contributed by atoms with Gasteiger partial charge >= 0.3 is 0 Å². The Morgan fingerprint density at radius 1 is 1.26 bits per heavy atom. The van der Waals surface area contributed by atoms with Gasteiger partial charge in [0.05, 0.1) is 11.1 Å². The number of para-hydroxylation sites is 1. The Kier molecular flexibility index (Phi) is 4.79. The lowest BCUT2D eigenvalue weighted by Crippen LogP contribution is -2.22. The normalized spacial score (nSPS) is 15.1. The van der Waals surface area contributed by atoms with Crippen LogP contribution >= 0.6 is 15.9 Å². The fraction of sp³-hybridized carbons (Fsp3) is 0.438. The predicted molar refractivity (Wildman–Crippen MR) is 95.6 cm³/mol. The molecule has 0 radical (unpaired) electrons. The summed E-state index contributed by atoms with van der Waals surface area (Å²) in [5, 5.41) is 5.57. The fourth-order valence-electron chi connectivity index (χ4n) is 2.42. The van der Waals surface area contributed by atoms with Gasteiger partial charge < -0.3 is 14.2 Å². The summed E-state index contributed by atoms with van der Waals surface area (Å²) in [6.45, 7) is 8.21. The standard InChI is InChI=1S/C16H21BrN2O3Si/c1-23(2,3)10-9-20-11-19-14-12(15(17)18-19)5-4-6-13(14)16-21-7-8-22-16/h4-8,16H,9-11H2,1-3H3. The molecule has 2 heterocycles. The molecule has 0 saturated carbocycles. The molecule has 1 aromatic carbocycles. The minimum Gasteiger partial charge on any atom is -0.455 e. The average molecular weight is 397 g/mol. The highest BCUT2D eigenvalue weighted by Crippen LogP contribution is 2.33. The molecule has 3 rings (SSSR count). The van der Waals surface area contributed by atoms with Gasteiger partial charge in [-0.25, -0.2) is 4.68 Å². The topological polar surface area (TPSA) is 45.5 Å². The second-order valence-corrected chi connectivity index (χ2v) is 13.1. The maximum Gasteiger partial charge on any atom is 0.268 e. The quantitative estimate of drug-likeness (QED) is 0.527. The molecule has 0 spiro atoms. The first kappa shape index (κ1) is 16.5. The summed E-state index contributed by atoms with van der Waals surface area (Å²) in [5.74, 6) is 0. The molecule has 124 valence electrons. The van der Waals surface area contributed by atoms with Crippen LogP contribution in [0.2, 0.25) is 25.7 Å². The zero-order valence-corrected chi connectivity index (χ0v) is 16.2. The van der Waals surface area contributed by atoms with Crippen molar-refractivity contribution in [2.45, 2.75) is 38.7 Å². The Balaban J connectivity index is 1.82. The third kappa shape index (κ3) is 3.79. The first-order chi connectivity index (χ1) is 11.0. The molecule has 0 bridgehead atoms. The van der Waals surface area contributed by atoms with E-state index in [9.17, 15) is 0 Å². The highest BCUT2D eigenvalue weighted by atomic mass is 79.9. The predicted octanol–water partition coefficient (Wildman–Crippen LogP) is 4.63. The van der Waals surface area contributed by atoms with Gasteiger partial charge in [-0.05, 0) is 34.1 Å². The SMILES string of the molecule is C[Si](C)(C)CCOCn1nc(Br)c2cccc(C3OC=CO3)c21. The summed E-state index contributed by atoms with van der Waals surface area (Å²) < 4.78 is 19.5. The fourth-order valence-corrected chi connectivity index (χ4v) is 3.69. The van der Waals surface area contributed by atoms with Gasteiger partial charge in [-0.3, -0.25) is 0 Å². The number of hydrogen-bond donors (Lipinski definition) is 0. The number of nitrogens with zero attached hydrogens (tertiary/aromatic N) is 2. The summed E-state index contributed by atoms with van der Waals surface area (Å²) in [5.41, 5.74) is 1.92.